The summed E-state index contributed by atoms with van der Waals surface area (Å²) in [5.41, 5.74) is 0.501. The van der Waals surface area contributed by atoms with E-state index < -0.39 is 24.4 Å². The first kappa shape index (κ1) is 17.5. The highest BCUT2D eigenvalue weighted by atomic mass is 19.4. The number of likely N-dealkylation sites (tertiary alicyclic amines) is 1. The van der Waals surface area contributed by atoms with E-state index in [-0.39, 0.29) is 24.9 Å². The van der Waals surface area contributed by atoms with E-state index in [4.69, 9.17) is 0 Å². The normalized spacial score (nSPS) is 25.8. The number of esters is 1. The molecule has 138 valence electrons. The quantitative estimate of drug-likeness (QED) is 0.730. The Morgan fingerprint density at radius 2 is 2.20 bits per heavy atom. The third-order valence-electron chi connectivity index (χ3n) is 4.39. The first-order chi connectivity index (χ1) is 11.8. The maximum atomic E-state index is 12.6. The minimum absolute atomic E-state index is 0.0598. The molecule has 1 aromatic heterocycles. The number of halogens is 3. The second kappa shape index (κ2) is 6.50. The highest BCUT2D eigenvalue weighted by molar-refractivity contribution is 5.78. The molecule has 3 heterocycles. The zero-order valence-corrected chi connectivity index (χ0v) is 13.3. The second-order valence-corrected chi connectivity index (χ2v) is 6.13. The number of alkyl halides is 3. The van der Waals surface area contributed by atoms with E-state index in [1.165, 1.54) is 23.0 Å². The van der Waals surface area contributed by atoms with Crippen molar-refractivity contribution in [3.8, 4) is 0 Å². The Balaban J connectivity index is 1.73. The molecule has 0 radical (unpaired) electrons. The van der Waals surface area contributed by atoms with Gasteiger partial charge in [-0.15, -0.1) is 0 Å². The predicted octanol–water partition coefficient (Wildman–Crippen LogP) is -0.0607. The summed E-state index contributed by atoms with van der Waals surface area (Å²) in [5, 5.41) is 12.9. The second-order valence-electron chi connectivity index (χ2n) is 6.13. The molecule has 2 aliphatic heterocycles. The molecule has 0 bridgehead atoms. The largest absolute Gasteiger partial charge is 0.491 e. The van der Waals surface area contributed by atoms with E-state index in [0.717, 1.165) is 0 Å². The van der Waals surface area contributed by atoms with E-state index in [2.05, 4.69) is 25.5 Å². The van der Waals surface area contributed by atoms with Gasteiger partial charge < -0.3 is 15.0 Å². The van der Waals surface area contributed by atoms with Crippen LogP contribution >= 0.6 is 0 Å². The number of fused-ring (bicyclic) bond motifs is 1. The van der Waals surface area contributed by atoms with Crippen molar-refractivity contribution in [3.63, 3.8) is 0 Å². The molecule has 2 aliphatic rings. The highest BCUT2D eigenvalue weighted by Gasteiger charge is 2.52. The van der Waals surface area contributed by atoms with Crippen molar-refractivity contribution in [2.24, 2.45) is 11.8 Å². The van der Waals surface area contributed by atoms with Crippen molar-refractivity contribution < 1.29 is 27.5 Å². The van der Waals surface area contributed by atoms with E-state index in [9.17, 15) is 22.8 Å². The molecule has 3 rings (SSSR count). The van der Waals surface area contributed by atoms with Crippen LogP contribution in [-0.4, -0.2) is 76.3 Å². The number of ether oxygens (including phenoxy) is 1. The van der Waals surface area contributed by atoms with Crippen LogP contribution in [0.3, 0.4) is 0 Å². The lowest BCUT2D eigenvalue weighted by molar-refractivity contribution is -0.211. The molecule has 25 heavy (non-hydrogen) atoms. The fourth-order valence-electron chi connectivity index (χ4n) is 3.22. The van der Waals surface area contributed by atoms with Crippen LogP contribution in [0.15, 0.2) is 6.20 Å². The van der Waals surface area contributed by atoms with E-state index in [1.54, 1.807) is 0 Å². The van der Waals surface area contributed by atoms with Gasteiger partial charge in [0.05, 0.1) is 12.7 Å². The topological polar surface area (TPSA) is 103 Å². The maximum Gasteiger partial charge on any atom is 0.491 e. The number of nitrogens with zero attached hydrogens (tertiary/aromatic N) is 4. The molecule has 0 aromatic carbocycles. The summed E-state index contributed by atoms with van der Waals surface area (Å²) in [4.78, 5) is 26.4. The predicted molar refractivity (Wildman–Crippen MR) is 75.7 cm³/mol. The fourth-order valence-corrected chi connectivity index (χ4v) is 3.22. The van der Waals surface area contributed by atoms with Crippen LogP contribution in [0.2, 0.25) is 0 Å². The van der Waals surface area contributed by atoms with E-state index in [0.29, 0.717) is 18.8 Å². The van der Waals surface area contributed by atoms with Crippen LogP contribution in [-0.2, 0) is 16.1 Å². The van der Waals surface area contributed by atoms with Gasteiger partial charge in [0.25, 0.3) is 0 Å². The fraction of sp³-hybridized carbons (Fsp3) is 0.692. The van der Waals surface area contributed by atoms with Crippen LogP contribution in [0, 0.1) is 11.8 Å². The van der Waals surface area contributed by atoms with Crippen molar-refractivity contribution in [2.75, 3.05) is 26.7 Å². The van der Waals surface area contributed by atoms with Crippen molar-refractivity contribution in [1.29, 1.82) is 0 Å². The van der Waals surface area contributed by atoms with Crippen molar-refractivity contribution in [2.45, 2.75) is 18.9 Å². The van der Waals surface area contributed by atoms with Crippen LogP contribution < -0.4 is 5.32 Å². The summed E-state index contributed by atoms with van der Waals surface area (Å²) in [6.45, 7) is 1.29. The number of carbonyl (C=O) groups excluding carboxylic acids is 2. The average Bonchev–Trinajstić information content (AvgIpc) is 3.24. The number of hydrogen-bond acceptors (Lipinski definition) is 6. The monoisotopic (exact) mass is 362 g/mol. The Labute approximate surface area is 140 Å². The molecular weight excluding hydrogens is 345 g/mol. The van der Waals surface area contributed by atoms with Gasteiger partial charge in [0, 0.05) is 32.6 Å². The zero-order chi connectivity index (χ0) is 18.2. The average molecular weight is 362 g/mol. The summed E-state index contributed by atoms with van der Waals surface area (Å²) in [7, 11) is 1.49. The molecule has 1 aromatic rings. The summed E-state index contributed by atoms with van der Waals surface area (Å²) < 4.78 is 42.3. The third-order valence-corrected chi connectivity index (χ3v) is 4.39. The van der Waals surface area contributed by atoms with Gasteiger partial charge in [-0.1, -0.05) is 0 Å². The molecular formula is C13H17F3N6O3. The molecule has 1 unspecified atom stereocenters. The number of hydrogen-bond donors (Lipinski definition) is 2. The number of urea groups is 1. The molecule has 2 N–H and O–H groups in total. The van der Waals surface area contributed by atoms with E-state index in [1.807, 2.05) is 0 Å². The van der Waals surface area contributed by atoms with Crippen LogP contribution in [0.5, 0.6) is 0 Å². The molecule has 12 heteroatoms. The summed E-state index contributed by atoms with van der Waals surface area (Å²) in [6, 6.07) is -0.530. The van der Waals surface area contributed by atoms with Crippen LogP contribution in [0.4, 0.5) is 18.0 Å². The lowest BCUT2D eigenvalue weighted by atomic mass is 9.99. The Kier molecular flexibility index (Phi) is 4.54. The Morgan fingerprint density at radius 3 is 2.84 bits per heavy atom. The smallest absolute Gasteiger partial charge is 0.434 e. The van der Waals surface area contributed by atoms with Crippen molar-refractivity contribution in [1.82, 2.24) is 30.5 Å². The lowest BCUT2D eigenvalue weighted by Gasteiger charge is -2.31. The molecule has 3 atom stereocenters. The number of H-pyrrole nitrogens is 1. The van der Waals surface area contributed by atoms with Crippen molar-refractivity contribution in [3.05, 3.63) is 11.9 Å². The Hall–Kier alpha value is -2.37. The number of rotatable bonds is 3. The number of carbonyl (C=O) groups is 2. The molecule has 2 saturated heterocycles. The number of nitrogens with one attached hydrogen (secondary N) is 2. The summed E-state index contributed by atoms with van der Waals surface area (Å²) in [5.74, 6) is -2.71. The van der Waals surface area contributed by atoms with E-state index >= 15 is 0 Å². The first-order valence-electron chi connectivity index (χ1n) is 7.62. The molecule has 2 fully saturated rings. The van der Waals surface area contributed by atoms with Gasteiger partial charge in [-0.05, 0) is 5.92 Å². The standard InChI is InChI=1S/C13H17F3N6O3/c1-21(6-8-3-18-20-19-8)12(24)22-5-7-2-17-4-9(7)10(22)25-11(23)13(14,15)16/h3,7,9-10,17H,2,4-6H2,1H3,(H,18,19,20)/t7-,9-,10?/m1/s1. The van der Waals surface area contributed by atoms with Gasteiger partial charge in [0.15, 0.2) is 6.23 Å². The minimum atomic E-state index is -5.11. The Morgan fingerprint density at radius 1 is 1.44 bits per heavy atom. The van der Waals surface area contributed by atoms with Gasteiger partial charge in [0.1, 0.15) is 5.69 Å². The Bertz CT molecular complexity index is 637. The molecule has 9 nitrogen and oxygen atoms in total. The molecule has 0 aliphatic carbocycles. The van der Waals surface area contributed by atoms with Gasteiger partial charge in [0.2, 0.25) is 0 Å². The molecule has 0 spiro atoms. The number of amides is 2. The minimum Gasteiger partial charge on any atom is -0.434 e. The summed E-state index contributed by atoms with van der Waals surface area (Å²) >= 11 is 0. The number of aromatic nitrogens is 3. The molecule has 0 saturated carbocycles. The van der Waals surface area contributed by atoms with Gasteiger partial charge in [-0.2, -0.15) is 28.6 Å². The number of aromatic amines is 1. The summed E-state index contributed by atoms with van der Waals surface area (Å²) in [6.07, 6.45) is -4.92. The lowest BCUT2D eigenvalue weighted by Crippen LogP contribution is -2.49. The SMILES string of the molecule is CN(Cc1cn[nH]n1)C(=O)N1C[C@H]2CNC[C@H]2C1OC(=O)C(F)(F)F. The van der Waals surface area contributed by atoms with Gasteiger partial charge in [-0.3, -0.25) is 4.90 Å². The molecule has 2 amide bonds. The highest BCUT2D eigenvalue weighted by Crippen LogP contribution is 2.35. The van der Waals surface area contributed by atoms with Gasteiger partial charge in [-0.25, -0.2) is 9.59 Å². The zero-order valence-electron chi connectivity index (χ0n) is 13.3. The van der Waals surface area contributed by atoms with Crippen LogP contribution in [0.1, 0.15) is 5.69 Å². The third kappa shape index (κ3) is 3.52. The van der Waals surface area contributed by atoms with Crippen LogP contribution in [0.25, 0.3) is 0 Å². The van der Waals surface area contributed by atoms with Crippen molar-refractivity contribution >= 4 is 12.0 Å². The van der Waals surface area contributed by atoms with Gasteiger partial charge >= 0.3 is 18.2 Å². The first-order valence-corrected chi connectivity index (χ1v) is 7.62. The maximum absolute atomic E-state index is 12.6.